The molecule has 0 unspecified atom stereocenters. The van der Waals surface area contributed by atoms with Gasteiger partial charge in [0.05, 0.1) is 23.4 Å². The minimum absolute atomic E-state index is 0.138. The van der Waals surface area contributed by atoms with Gasteiger partial charge in [0.1, 0.15) is 6.61 Å². The number of carbonyl (C=O) groups excluding carboxylic acids is 1. The summed E-state index contributed by atoms with van der Waals surface area (Å²) in [5, 5.41) is 0.860. The molecular weight excluding hydrogens is 294 g/mol. The molecule has 21 heavy (non-hydrogen) atoms. The van der Waals surface area contributed by atoms with Gasteiger partial charge in [0.15, 0.2) is 9.84 Å². The van der Waals surface area contributed by atoms with E-state index in [-0.39, 0.29) is 23.9 Å². The van der Waals surface area contributed by atoms with E-state index in [1.165, 1.54) is 4.73 Å². The fraction of sp³-hybridized carbons (Fsp3) is 0.357. The summed E-state index contributed by atoms with van der Waals surface area (Å²) in [6.45, 7) is 2.24. The molecule has 0 N–H and O–H groups in total. The van der Waals surface area contributed by atoms with E-state index in [1.54, 1.807) is 31.3 Å². The Morgan fingerprint density at radius 1 is 1.29 bits per heavy atom. The lowest BCUT2D eigenvalue weighted by Crippen LogP contribution is -2.16. The highest BCUT2D eigenvalue weighted by Crippen LogP contribution is 2.19. The van der Waals surface area contributed by atoms with E-state index in [0.29, 0.717) is 12.1 Å². The van der Waals surface area contributed by atoms with Gasteiger partial charge in [0.25, 0.3) is 0 Å². The van der Waals surface area contributed by atoms with E-state index < -0.39 is 9.84 Å². The van der Waals surface area contributed by atoms with E-state index in [0.717, 1.165) is 11.6 Å². The second-order valence-electron chi connectivity index (χ2n) is 4.52. The summed E-state index contributed by atoms with van der Waals surface area (Å²) in [6.07, 6.45) is 2.98. The topological polar surface area (TPSA) is 74.6 Å². The van der Waals surface area contributed by atoms with Crippen LogP contribution in [0, 0.1) is 0 Å². The molecule has 0 aliphatic heterocycles. The van der Waals surface area contributed by atoms with Crippen molar-refractivity contribution in [3.8, 4) is 0 Å². The first-order valence-electron chi connectivity index (χ1n) is 6.52. The summed E-state index contributed by atoms with van der Waals surface area (Å²) in [5.41, 5.74) is 0.641. The molecule has 0 saturated heterocycles. The van der Waals surface area contributed by atoms with Crippen molar-refractivity contribution < 1.29 is 22.8 Å². The van der Waals surface area contributed by atoms with Crippen molar-refractivity contribution in [2.45, 2.75) is 18.2 Å². The highest BCUT2D eigenvalue weighted by atomic mass is 32.2. The van der Waals surface area contributed by atoms with Gasteiger partial charge < -0.3 is 9.57 Å². The molecule has 2 aromatic rings. The number of sulfone groups is 1. The zero-order valence-electron chi connectivity index (χ0n) is 11.9. The van der Waals surface area contributed by atoms with E-state index in [9.17, 15) is 13.2 Å². The van der Waals surface area contributed by atoms with Gasteiger partial charge in [-0.1, -0.05) is 6.07 Å². The van der Waals surface area contributed by atoms with Gasteiger partial charge in [-0.2, -0.15) is 4.73 Å². The minimum atomic E-state index is -3.27. The fourth-order valence-electron chi connectivity index (χ4n) is 1.89. The molecule has 1 aromatic carbocycles. The monoisotopic (exact) mass is 311 g/mol. The van der Waals surface area contributed by atoms with Gasteiger partial charge >= 0.3 is 5.97 Å². The Morgan fingerprint density at radius 2 is 2.05 bits per heavy atom. The molecule has 0 radical (unpaired) electrons. The Kier molecular flexibility index (Phi) is 4.52. The third-order valence-electron chi connectivity index (χ3n) is 2.90. The maximum atomic E-state index is 11.6. The minimum Gasteiger partial charge on any atom is -0.466 e. The Hall–Kier alpha value is -2.02. The first-order chi connectivity index (χ1) is 9.91. The number of nitrogens with zero attached hydrogens (tertiary/aromatic N) is 1. The highest BCUT2D eigenvalue weighted by Gasteiger charge is 2.10. The van der Waals surface area contributed by atoms with Crippen LogP contribution in [0.3, 0.4) is 0 Å². The molecule has 0 bridgehead atoms. The van der Waals surface area contributed by atoms with Gasteiger partial charge in [-0.3, -0.25) is 4.79 Å². The molecule has 0 fully saturated rings. The van der Waals surface area contributed by atoms with Gasteiger partial charge in [0, 0.05) is 17.8 Å². The molecule has 114 valence electrons. The standard InChI is InChI=1S/C14H17NO5S/c1-3-19-14(16)7-9-20-15-8-6-11-4-5-12(10-13(11)15)21(2,17)18/h4-6,8,10H,3,7,9H2,1-2H3. The van der Waals surface area contributed by atoms with Crippen LogP contribution in [0.1, 0.15) is 13.3 Å². The van der Waals surface area contributed by atoms with Crippen molar-refractivity contribution in [3.63, 3.8) is 0 Å². The van der Waals surface area contributed by atoms with Crippen LogP contribution in [0.2, 0.25) is 0 Å². The van der Waals surface area contributed by atoms with Gasteiger partial charge in [0.2, 0.25) is 0 Å². The second-order valence-corrected chi connectivity index (χ2v) is 6.54. The van der Waals surface area contributed by atoms with Gasteiger partial charge in [-0.15, -0.1) is 0 Å². The maximum absolute atomic E-state index is 11.6. The number of hydrogen-bond donors (Lipinski definition) is 0. The van der Waals surface area contributed by atoms with Crippen molar-refractivity contribution in [2.24, 2.45) is 0 Å². The van der Waals surface area contributed by atoms with Crippen LogP contribution in [0.5, 0.6) is 0 Å². The van der Waals surface area contributed by atoms with Crippen LogP contribution in [-0.4, -0.2) is 38.6 Å². The molecule has 6 nitrogen and oxygen atoms in total. The van der Waals surface area contributed by atoms with Gasteiger partial charge in [-0.25, -0.2) is 8.42 Å². The zero-order chi connectivity index (χ0) is 15.5. The molecule has 0 aliphatic rings. The number of aromatic nitrogens is 1. The lowest BCUT2D eigenvalue weighted by atomic mass is 10.2. The third kappa shape index (κ3) is 3.75. The summed E-state index contributed by atoms with van der Waals surface area (Å²) < 4.78 is 29.4. The molecule has 0 amide bonds. The van der Waals surface area contributed by atoms with Crippen molar-refractivity contribution in [1.29, 1.82) is 0 Å². The predicted octanol–water partition coefficient (Wildman–Crippen LogP) is 1.43. The Labute approximate surface area is 123 Å². The fourth-order valence-corrected chi connectivity index (χ4v) is 2.53. The average Bonchev–Trinajstić information content (AvgIpc) is 2.81. The molecule has 0 aliphatic carbocycles. The summed E-state index contributed by atoms with van der Waals surface area (Å²) in [6, 6.07) is 6.64. The maximum Gasteiger partial charge on any atom is 0.309 e. The van der Waals surface area contributed by atoms with Crippen LogP contribution < -0.4 is 4.84 Å². The first-order valence-corrected chi connectivity index (χ1v) is 8.41. The molecule has 1 aromatic heterocycles. The number of benzene rings is 1. The Morgan fingerprint density at radius 3 is 2.71 bits per heavy atom. The lowest BCUT2D eigenvalue weighted by molar-refractivity contribution is -0.144. The van der Waals surface area contributed by atoms with Crippen LogP contribution >= 0.6 is 0 Å². The normalized spacial score (nSPS) is 11.5. The zero-order valence-corrected chi connectivity index (χ0v) is 12.7. The van der Waals surface area contributed by atoms with Crippen LogP contribution in [-0.2, 0) is 19.4 Å². The Bertz CT molecular complexity index is 748. The largest absolute Gasteiger partial charge is 0.466 e. The number of fused-ring (bicyclic) bond motifs is 1. The molecular formula is C14H17NO5S. The Balaban J connectivity index is 2.15. The number of carbonyl (C=O) groups is 1. The van der Waals surface area contributed by atoms with Gasteiger partial charge in [-0.05, 0) is 25.1 Å². The number of rotatable bonds is 6. The average molecular weight is 311 g/mol. The smallest absolute Gasteiger partial charge is 0.309 e. The lowest BCUT2D eigenvalue weighted by Gasteiger charge is -2.08. The van der Waals surface area contributed by atoms with Crippen LogP contribution in [0.15, 0.2) is 35.4 Å². The molecule has 7 heteroatoms. The quantitative estimate of drug-likeness (QED) is 0.754. The number of hydrogen-bond acceptors (Lipinski definition) is 5. The molecule has 2 rings (SSSR count). The van der Waals surface area contributed by atoms with Crippen molar-refractivity contribution in [1.82, 2.24) is 4.73 Å². The molecule has 0 atom stereocenters. The number of esters is 1. The molecule has 0 spiro atoms. The van der Waals surface area contributed by atoms with Crippen LogP contribution in [0.4, 0.5) is 0 Å². The molecule has 0 saturated carbocycles. The van der Waals surface area contributed by atoms with E-state index in [2.05, 4.69) is 0 Å². The van der Waals surface area contributed by atoms with Crippen molar-refractivity contribution in [2.75, 3.05) is 19.5 Å². The SMILES string of the molecule is CCOC(=O)CCOn1ccc2ccc(S(C)(=O)=O)cc21. The van der Waals surface area contributed by atoms with Crippen molar-refractivity contribution in [3.05, 3.63) is 30.5 Å². The summed E-state index contributed by atoms with van der Waals surface area (Å²) in [7, 11) is -3.27. The second kappa shape index (κ2) is 6.17. The summed E-state index contributed by atoms with van der Waals surface area (Å²) in [4.78, 5) is 16.9. The molecule has 1 heterocycles. The highest BCUT2D eigenvalue weighted by molar-refractivity contribution is 7.90. The van der Waals surface area contributed by atoms with E-state index in [4.69, 9.17) is 9.57 Å². The first kappa shape index (κ1) is 15.4. The van der Waals surface area contributed by atoms with E-state index in [1.807, 2.05) is 6.07 Å². The van der Waals surface area contributed by atoms with Crippen LogP contribution in [0.25, 0.3) is 10.9 Å². The number of ether oxygens (including phenoxy) is 1. The summed E-state index contributed by atoms with van der Waals surface area (Å²) in [5.74, 6) is -0.328. The van der Waals surface area contributed by atoms with Crippen molar-refractivity contribution >= 4 is 26.7 Å². The van der Waals surface area contributed by atoms with E-state index >= 15 is 0 Å². The predicted molar refractivity (Wildman–Crippen MR) is 77.7 cm³/mol. The summed E-state index contributed by atoms with van der Waals surface area (Å²) >= 11 is 0. The third-order valence-corrected chi connectivity index (χ3v) is 4.01.